The Morgan fingerprint density at radius 1 is 1.50 bits per heavy atom. The van der Waals surface area contributed by atoms with Crippen molar-refractivity contribution in [2.24, 2.45) is 5.73 Å². The fourth-order valence-electron chi connectivity index (χ4n) is 1.68. The van der Waals surface area contributed by atoms with E-state index in [1.165, 1.54) is 11.3 Å². The van der Waals surface area contributed by atoms with E-state index in [0.717, 1.165) is 23.1 Å². The third-order valence-electron chi connectivity index (χ3n) is 2.73. The molecule has 0 saturated carbocycles. The van der Waals surface area contributed by atoms with Crippen molar-refractivity contribution in [1.29, 1.82) is 0 Å². The minimum atomic E-state index is -0.447. The van der Waals surface area contributed by atoms with E-state index >= 15 is 0 Å². The zero-order valence-electron chi connectivity index (χ0n) is 10.3. The molecule has 1 atom stereocenters. The Balaban J connectivity index is 2.02. The normalized spacial score (nSPS) is 12.6. The number of nitrogens with one attached hydrogen (secondary N) is 1. The fourth-order valence-corrected chi connectivity index (χ4v) is 2.55. The van der Waals surface area contributed by atoms with Crippen molar-refractivity contribution in [2.45, 2.75) is 32.2 Å². The fraction of sp³-hybridized carbons (Fsp3) is 0.385. The highest BCUT2D eigenvalue weighted by atomic mass is 32.1. The lowest BCUT2D eigenvalue weighted by Gasteiger charge is -2.09. The zero-order valence-corrected chi connectivity index (χ0v) is 11.2. The average Bonchev–Trinajstić information content (AvgIpc) is 2.77. The second-order valence-electron chi connectivity index (χ2n) is 4.22. The average molecular weight is 263 g/mol. The second-order valence-corrected chi connectivity index (χ2v) is 5.26. The molecule has 0 saturated heterocycles. The first kappa shape index (κ1) is 13.0. The van der Waals surface area contributed by atoms with E-state index in [2.05, 4.69) is 17.2 Å². The molecule has 0 aliphatic heterocycles. The Morgan fingerprint density at radius 3 is 3.00 bits per heavy atom. The van der Waals surface area contributed by atoms with Crippen molar-refractivity contribution in [1.82, 2.24) is 4.98 Å². The molecule has 2 aromatic rings. The van der Waals surface area contributed by atoms with E-state index in [1.807, 2.05) is 24.3 Å². The number of nitrogens with zero attached hydrogens (tertiary/aromatic N) is 1. The van der Waals surface area contributed by atoms with Crippen LogP contribution < -0.4 is 11.1 Å². The Bertz CT molecular complexity index is 505. The number of para-hydroxylation sites is 1. The number of nitrogens with two attached hydrogens (primary N) is 1. The number of hydrogen-bond donors (Lipinski definition) is 2. The number of carbonyl (C=O) groups is 1. The van der Waals surface area contributed by atoms with Gasteiger partial charge in [-0.3, -0.25) is 4.79 Å². The van der Waals surface area contributed by atoms with E-state index in [-0.39, 0.29) is 5.91 Å². The topological polar surface area (TPSA) is 68.0 Å². The van der Waals surface area contributed by atoms with E-state index in [4.69, 9.17) is 5.73 Å². The molecule has 0 aliphatic rings. The molecule has 3 N–H and O–H groups in total. The first-order chi connectivity index (χ1) is 8.70. The highest BCUT2D eigenvalue weighted by Gasteiger charge is 2.14. The van der Waals surface area contributed by atoms with Crippen LogP contribution in [0.25, 0.3) is 10.2 Å². The van der Waals surface area contributed by atoms with Crippen molar-refractivity contribution < 1.29 is 4.79 Å². The SMILES string of the molecule is CCCCC(N)C(=O)Nc1nc2ccccc2s1. The monoisotopic (exact) mass is 263 g/mol. The molecule has 1 unspecified atom stereocenters. The van der Waals surface area contributed by atoms with Gasteiger partial charge in [0.15, 0.2) is 5.13 Å². The maximum absolute atomic E-state index is 11.8. The lowest BCUT2D eigenvalue weighted by Crippen LogP contribution is -2.35. The maximum Gasteiger partial charge on any atom is 0.243 e. The number of anilines is 1. The van der Waals surface area contributed by atoms with Crippen molar-refractivity contribution in [3.05, 3.63) is 24.3 Å². The molecule has 18 heavy (non-hydrogen) atoms. The molecule has 1 aromatic carbocycles. The summed E-state index contributed by atoms with van der Waals surface area (Å²) in [5.74, 6) is -0.150. The third-order valence-corrected chi connectivity index (χ3v) is 3.68. The Morgan fingerprint density at radius 2 is 2.28 bits per heavy atom. The van der Waals surface area contributed by atoms with Crippen LogP contribution in [0.3, 0.4) is 0 Å². The molecular formula is C13H17N3OS. The van der Waals surface area contributed by atoms with Crippen molar-refractivity contribution in [3.8, 4) is 0 Å². The van der Waals surface area contributed by atoms with Gasteiger partial charge in [-0.05, 0) is 18.6 Å². The van der Waals surface area contributed by atoms with Crippen LogP contribution in [0.5, 0.6) is 0 Å². The Kier molecular flexibility index (Phi) is 4.28. The first-order valence-corrected chi connectivity index (χ1v) is 6.94. The number of hydrogen-bond acceptors (Lipinski definition) is 4. The van der Waals surface area contributed by atoms with Gasteiger partial charge in [-0.1, -0.05) is 43.2 Å². The van der Waals surface area contributed by atoms with Gasteiger partial charge in [0.2, 0.25) is 5.91 Å². The summed E-state index contributed by atoms with van der Waals surface area (Å²) in [7, 11) is 0. The molecule has 1 aromatic heterocycles. The number of unbranched alkanes of at least 4 members (excludes halogenated alkanes) is 1. The molecule has 5 heteroatoms. The third kappa shape index (κ3) is 3.05. The highest BCUT2D eigenvalue weighted by Crippen LogP contribution is 2.25. The highest BCUT2D eigenvalue weighted by molar-refractivity contribution is 7.22. The first-order valence-electron chi connectivity index (χ1n) is 6.12. The van der Waals surface area contributed by atoms with Gasteiger partial charge < -0.3 is 11.1 Å². The van der Waals surface area contributed by atoms with E-state index in [0.29, 0.717) is 11.6 Å². The van der Waals surface area contributed by atoms with Crippen LogP contribution in [0.4, 0.5) is 5.13 Å². The quantitative estimate of drug-likeness (QED) is 0.871. The summed E-state index contributed by atoms with van der Waals surface area (Å²) in [6, 6.07) is 7.36. The summed E-state index contributed by atoms with van der Waals surface area (Å²) in [4.78, 5) is 16.2. The molecule has 0 radical (unpaired) electrons. The van der Waals surface area contributed by atoms with Gasteiger partial charge in [0.1, 0.15) is 0 Å². The van der Waals surface area contributed by atoms with Crippen molar-refractivity contribution in [2.75, 3.05) is 5.32 Å². The standard InChI is InChI=1S/C13H17N3OS/c1-2-3-6-9(14)12(17)16-13-15-10-7-4-5-8-11(10)18-13/h4-5,7-9H,2-3,6,14H2,1H3,(H,15,16,17). The van der Waals surface area contributed by atoms with Crippen LogP contribution in [0.15, 0.2) is 24.3 Å². The van der Waals surface area contributed by atoms with Crippen LogP contribution in [0.2, 0.25) is 0 Å². The molecule has 0 fully saturated rings. The summed E-state index contributed by atoms with van der Waals surface area (Å²) in [5, 5.41) is 3.40. The zero-order chi connectivity index (χ0) is 13.0. The largest absolute Gasteiger partial charge is 0.320 e. The van der Waals surface area contributed by atoms with Gasteiger partial charge in [-0.2, -0.15) is 0 Å². The number of fused-ring (bicyclic) bond motifs is 1. The lowest BCUT2D eigenvalue weighted by atomic mass is 10.1. The summed E-state index contributed by atoms with van der Waals surface area (Å²) in [6.45, 7) is 2.08. The summed E-state index contributed by atoms with van der Waals surface area (Å²) >= 11 is 1.47. The van der Waals surface area contributed by atoms with Gasteiger partial charge >= 0.3 is 0 Å². The van der Waals surface area contributed by atoms with Gasteiger partial charge in [0.25, 0.3) is 0 Å². The maximum atomic E-state index is 11.8. The van der Waals surface area contributed by atoms with Gasteiger partial charge in [0.05, 0.1) is 16.3 Å². The Hall–Kier alpha value is -1.46. The van der Waals surface area contributed by atoms with E-state index in [9.17, 15) is 4.79 Å². The number of thiazole rings is 1. The molecule has 2 rings (SSSR count). The summed E-state index contributed by atoms with van der Waals surface area (Å²) < 4.78 is 1.06. The minimum absolute atomic E-state index is 0.150. The van der Waals surface area contributed by atoms with Gasteiger partial charge in [-0.25, -0.2) is 4.98 Å². The van der Waals surface area contributed by atoms with Gasteiger partial charge in [0, 0.05) is 0 Å². The van der Waals surface area contributed by atoms with Crippen LogP contribution in [0.1, 0.15) is 26.2 Å². The molecule has 1 heterocycles. The lowest BCUT2D eigenvalue weighted by molar-refractivity contribution is -0.117. The number of rotatable bonds is 5. The predicted molar refractivity (Wildman–Crippen MR) is 75.8 cm³/mol. The van der Waals surface area contributed by atoms with Crippen LogP contribution in [-0.2, 0) is 4.79 Å². The summed E-state index contributed by atoms with van der Waals surface area (Å²) in [6.07, 6.45) is 2.73. The number of amides is 1. The van der Waals surface area contributed by atoms with Crippen molar-refractivity contribution >= 4 is 32.6 Å². The smallest absolute Gasteiger partial charge is 0.243 e. The van der Waals surface area contributed by atoms with Crippen LogP contribution in [0, 0.1) is 0 Å². The molecule has 1 amide bonds. The predicted octanol–water partition coefficient (Wildman–Crippen LogP) is 2.75. The van der Waals surface area contributed by atoms with Gasteiger partial charge in [-0.15, -0.1) is 0 Å². The molecule has 96 valence electrons. The van der Waals surface area contributed by atoms with Crippen molar-refractivity contribution in [3.63, 3.8) is 0 Å². The molecule has 0 aliphatic carbocycles. The molecule has 0 bridgehead atoms. The second kappa shape index (κ2) is 5.93. The minimum Gasteiger partial charge on any atom is -0.320 e. The van der Waals surface area contributed by atoms with E-state index in [1.54, 1.807) is 0 Å². The molecular weight excluding hydrogens is 246 g/mol. The summed E-state index contributed by atoms with van der Waals surface area (Å²) in [5.41, 5.74) is 6.71. The number of benzene rings is 1. The van der Waals surface area contributed by atoms with Crippen LogP contribution in [-0.4, -0.2) is 16.9 Å². The van der Waals surface area contributed by atoms with Crippen LogP contribution >= 0.6 is 11.3 Å². The Labute approximate surface area is 110 Å². The van der Waals surface area contributed by atoms with E-state index < -0.39 is 6.04 Å². The number of aromatic nitrogens is 1. The molecule has 0 spiro atoms. The number of carbonyl (C=O) groups excluding carboxylic acids is 1. The molecule has 4 nitrogen and oxygen atoms in total.